The monoisotopic (exact) mass is 1760 g/mol. The van der Waals surface area contributed by atoms with Crippen LogP contribution in [0.5, 0.6) is 11.5 Å². The van der Waals surface area contributed by atoms with E-state index in [1.807, 2.05) is 51.1 Å². The van der Waals surface area contributed by atoms with Gasteiger partial charge < -0.3 is 136 Å². The Hall–Kier alpha value is -9.91. The molecule has 5 aromatic carbocycles. The molecular weight excluding hydrogens is 1660 g/mol. The van der Waals surface area contributed by atoms with Crippen molar-refractivity contribution in [2.24, 2.45) is 0 Å². The first-order valence-electron chi connectivity index (χ1n) is 39.8. The van der Waals surface area contributed by atoms with Crippen molar-refractivity contribution >= 4 is 40.3 Å². The summed E-state index contributed by atoms with van der Waals surface area (Å²) in [4.78, 5) is 56.6. The second-order valence-corrected chi connectivity index (χ2v) is 32.4. The molecule has 38 nitrogen and oxygen atoms in total. The summed E-state index contributed by atoms with van der Waals surface area (Å²) in [5.74, 6) is -0.402. The van der Waals surface area contributed by atoms with Gasteiger partial charge in [0.25, 0.3) is 5.91 Å². The van der Waals surface area contributed by atoms with Gasteiger partial charge in [0.15, 0.2) is 5.78 Å². The Morgan fingerprint density at radius 1 is 0.544 bits per heavy atom. The molecule has 4 fully saturated rings. The van der Waals surface area contributed by atoms with Gasteiger partial charge in [0.2, 0.25) is 11.7 Å². The van der Waals surface area contributed by atoms with Crippen LogP contribution in [-0.2, 0) is 23.7 Å². The summed E-state index contributed by atoms with van der Waals surface area (Å²) in [5, 5.41) is 227. The van der Waals surface area contributed by atoms with Crippen LogP contribution in [0, 0.1) is 44.7 Å². The molecular formula is C86H102N8O30S. The highest BCUT2D eigenvalue weighted by atomic mass is 32.1. The number of aliphatic hydroxyl groups is 20. The highest BCUT2D eigenvalue weighted by Crippen LogP contribution is 2.43. The van der Waals surface area contributed by atoms with Crippen LogP contribution in [0.4, 0.5) is 11.4 Å². The minimum atomic E-state index is -1.69. The molecule has 22 N–H and O–H groups in total. The van der Waals surface area contributed by atoms with Gasteiger partial charge in [-0.1, -0.05) is 65.9 Å². The number of anilines is 1. The average Bonchev–Trinajstić information content (AvgIpc) is 1.66. The maximum absolute atomic E-state index is 12.3. The third-order valence-electron chi connectivity index (χ3n) is 22.1. The lowest BCUT2D eigenvalue weighted by Gasteiger charge is -2.42. The Labute approximate surface area is 718 Å². The van der Waals surface area contributed by atoms with E-state index >= 15 is 0 Å². The maximum Gasteiger partial charge on any atom is 0.311 e. The number of Topliss-reactive ketones (excluding diaryl/α,β-unsaturated/α-hetero) is 1. The number of nitro benzene ring substituents is 1. The lowest BCUT2D eigenvalue weighted by atomic mass is 9.88. The van der Waals surface area contributed by atoms with Gasteiger partial charge in [-0.2, -0.15) is 0 Å². The summed E-state index contributed by atoms with van der Waals surface area (Å²) in [5.41, 5.74) is 9.62. The fourth-order valence-corrected chi connectivity index (χ4v) is 16.2. The predicted octanol–water partition coefficient (Wildman–Crippen LogP) is 0.589. The van der Waals surface area contributed by atoms with E-state index in [1.54, 1.807) is 130 Å². The third-order valence-corrected chi connectivity index (χ3v) is 23.3. The zero-order valence-corrected chi connectivity index (χ0v) is 69.3. The fraction of sp³-hybridized carbons (Fsp3) is 0.430. The number of fused-ring (bicyclic) bond motifs is 1. The van der Waals surface area contributed by atoms with Gasteiger partial charge in [-0.05, 0) is 164 Å². The molecule has 0 spiro atoms. The van der Waals surface area contributed by atoms with E-state index in [0.29, 0.717) is 77.9 Å². The van der Waals surface area contributed by atoms with Crippen LogP contribution in [-0.4, -0.2) is 304 Å². The summed E-state index contributed by atoms with van der Waals surface area (Å²) in [6, 6.07) is 34.0. The van der Waals surface area contributed by atoms with E-state index in [2.05, 4.69) is 30.9 Å². The summed E-state index contributed by atoms with van der Waals surface area (Å²) >= 11 is 1.27. The van der Waals surface area contributed by atoms with Crippen molar-refractivity contribution in [3.05, 3.63) is 217 Å². The van der Waals surface area contributed by atoms with Gasteiger partial charge in [-0.15, -0.1) is 16.4 Å². The number of nitrogens with zero attached hydrogens (tertiary/aromatic N) is 6. The summed E-state index contributed by atoms with van der Waals surface area (Å²) in [6.45, 7) is 10.1. The SMILES string of the molecule is Cc1cc(-c2cc3c(s2)C(=O)CC(=O)N3)ccc1[C@@H](O)[C@H]1OC(CO)[C@@H](O)[C@H](O)C1O.Cc1cc(-c2cncc(C(=O)NC(C)C)c2)ccc1[C@@H](O)[C@H]1OC(CO)[C@@H](O)[C@H](O)C1O.Cc1cc(-n2cc(-c3ccccn3)nn2)ccc1[C@@H](O)[C@H]1OC(CO)[C@@H](O)[C@H](O)C1O.Cc1cccc(Oc2cc(C)c([C@@H](O)[C@H]3OC(CO)[C@@H](O)[C@H](O)C3O)cc2[N+](=O)[O-])c1. The number of ketones is 1. The topological polar surface area (TPSA) is 626 Å². The van der Waals surface area contributed by atoms with Gasteiger partial charge in [0, 0.05) is 41.1 Å². The smallest absolute Gasteiger partial charge is 0.311 e. The molecule has 14 rings (SSSR count). The molecule has 672 valence electrons. The lowest BCUT2D eigenvalue weighted by Crippen LogP contribution is -2.59. The molecule has 2 amide bonds. The van der Waals surface area contributed by atoms with Crippen molar-refractivity contribution in [2.45, 2.75) is 207 Å². The second kappa shape index (κ2) is 41.7. The Kier molecular flexibility index (Phi) is 31.9. The molecule has 9 heterocycles. The number of thiophene rings is 1. The first kappa shape index (κ1) is 95.7. The zero-order valence-electron chi connectivity index (χ0n) is 68.4. The van der Waals surface area contributed by atoms with E-state index in [9.17, 15) is 127 Å². The molecule has 0 aliphatic carbocycles. The molecule has 8 unspecified atom stereocenters. The molecule has 24 atom stereocenters. The zero-order chi connectivity index (χ0) is 91.0. The van der Waals surface area contributed by atoms with Crippen molar-refractivity contribution in [3.8, 4) is 50.1 Å². The van der Waals surface area contributed by atoms with Crippen LogP contribution in [0.15, 0.2) is 146 Å². The molecule has 9 aromatic rings. The number of nitrogens with one attached hydrogen (secondary N) is 2. The number of ether oxygens (including phenoxy) is 5. The number of rotatable bonds is 21. The minimum Gasteiger partial charge on any atom is -0.450 e. The van der Waals surface area contributed by atoms with Gasteiger partial charge in [0.1, 0.15) is 158 Å². The molecule has 0 bridgehead atoms. The molecule has 0 saturated carbocycles. The summed E-state index contributed by atoms with van der Waals surface area (Å²) < 4.78 is 29.1. The number of hydrogen-bond donors (Lipinski definition) is 22. The number of hydrogen-bond acceptors (Lipinski definition) is 35. The number of amides is 2. The highest BCUT2D eigenvalue weighted by molar-refractivity contribution is 7.18. The average molecular weight is 1760 g/mol. The van der Waals surface area contributed by atoms with Gasteiger partial charge >= 0.3 is 5.69 Å². The standard InChI is InChI=1S/C23H30N2O7.C21H24N4O6.C21H25NO9.C21H23NO8S/c1-11(2)25-23(31)15-7-14(8-24-9-15)13-4-5-16(12(3)6-13)18(27)22-21(30)20(29)19(28)17(10-26)32-22;1-11-8-12(25-9-15(23-24-25)14-4-2-3-7-22-14)5-6-13(11)17(27)21-20(30)19(29)18(28)16(10-26)31-21;1-10-4-3-5-12(6-10)30-15-7-11(2)13(8-14(15)22(28)29)17(24)21-20(27)19(26)18(25)16(9-23)31-21;1-8-4-9(14-5-11-21(31-14)12(24)6-15(25)22-11)2-3-10(8)16(26)20-19(29)18(28)17(27)13(7-23)30-20/h4-9,11,17-22,26-30H,10H2,1-3H3,(H,25,31);2-9,16-21,26-30H,10H2,1H3;3-8,16-21,23-27H,9H2,1-2H3;2-5,13,16-20,23,26-29H,6-7H2,1H3,(H,22,25)/t17?,18-,19-,20+,21?,22-;2*16?,17-,18-,19+,20?,21-;13?,16-,17-,18+,19?,20-/m1111/s1. The van der Waals surface area contributed by atoms with Crippen LogP contribution in [0.3, 0.4) is 0 Å². The van der Waals surface area contributed by atoms with Gasteiger partial charge in [0.05, 0.1) is 71.5 Å². The fourth-order valence-electron chi connectivity index (χ4n) is 15.1. The van der Waals surface area contributed by atoms with Gasteiger partial charge in [-0.3, -0.25) is 34.5 Å². The molecule has 4 aromatic heterocycles. The van der Waals surface area contributed by atoms with Crippen LogP contribution in [0.1, 0.15) is 115 Å². The molecule has 125 heavy (non-hydrogen) atoms. The van der Waals surface area contributed by atoms with Crippen molar-refractivity contribution in [1.29, 1.82) is 0 Å². The number of pyridine rings is 2. The predicted molar refractivity (Wildman–Crippen MR) is 442 cm³/mol. The Balaban J connectivity index is 0.000000162. The van der Waals surface area contributed by atoms with E-state index in [4.69, 9.17) is 23.7 Å². The number of aliphatic hydroxyl groups excluding tert-OH is 20. The number of carbonyl (C=O) groups excluding carboxylic acids is 3. The summed E-state index contributed by atoms with van der Waals surface area (Å²) in [6.07, 6.45) is -27.5. The highest BCUT2D eigenvalue weighted by Gasteiger charge is 2.51. The largest absolute Gasteiger partial charge is 0.450 e. The Bertz CT molecular complexity index is 5210. The molecule has 39 heteroatoms. The second-order valence-electron chi connectivity index (χ2n) is 31.3. The van der Waals surface area contributed by atoms with E-state index in [0.717, 1.165) is 33.2 Å². The molecule has 4 saturated heterocycles. The first-order valence-corrected chi connectivity index (χ1v) is 40.6. The number of nitro groups is 1. The number of aryl methyl sites for hydroxylation is 5. The normalized spacial score (nSPS) is 27.6. The Morgan fingerprint density at radius 2 is 1.02 bits per heavy atom. The van der Waals surface area contributed by atoms with Crippen molar-refractivity contribution in [2.75, 3.05) is 31.7 Å². The number of carbonyl (C=O) groups is 3. The van der Waals surface area contributed by atoms with Crippen LogP contribution in [0.25, 0.3) is 38.6 Å². The maximum atomic E-state index is 12.3. The third kappa shape index (κ3) is 21.5. The van der Waals surface area contributed by atoms with Crippen molar-refractivity contribution < 1.29 is 145 Å². The molecule has 0 radical (unpaired) electrons. The quantitative estimate of drug-likeness (QED) is 0.0266. The first-order chi connectivity index (χ1) is 59.4. The van der Waals surface area contributed by atoms with Crippen molar-refractivity contribution in [1.82, 2.24) is 30.3 Å². The van der Waals surface area contributed by atoms with Gasteiger partial charge in [-0.25, -0.2) is 4.68 Å². The number of aromatic nitrogens is 5. The Morgan fingerprint density at radius 3 is 1.49 bits per heavy atom. The van der Waals surface area contributed by atoms with Crippen LogP contribution in [0.2, 0.25) is 0 Å². The number of benzene rings is 5. The van der Waals surface area contributed by atoms with Crippen LogP contribution < -0.4 is 15.4 Å². The van der Waals surface area contributed by atoms with E-state index in [-0.39, 0.29) is 41.4 Å². The minimum absolute atomic E-state index is 0.00316. The lowest BCUT2D eigenvalue weighted by molar-refractivity contribution is -0.385. The van der Waals surface area contributed by atoms with Crippen LogP contribution >= 0.6 is 11.3 Å². The summed E-state index contributed by atoms with van der Waals surface area (Å²) in [7, 11) is 0. The molecule has 5 aliphatic heterocycles. The molecule has 5 aliphatic rings. The van der Waals surface area contributed by atoms with Crippen molar-refractivity contribution in [3.63, 3.8) is 0 Å². The van der Waals surface area contributed by atoms with E-state index < -0.39 is 184 Å². The van der Waals surface area contributed by atoms with E-state index in [1.165, 1.54) is 23.6 Å².